The molecule has 0 unspecified atom stereocenters. The molecule has 1 aromatic heterocycles. The SMILES string of the molecule is CN(C)c1ccncc1NC(=O)C1(CN)CCC1. The normalized spacial score (nSPS) is 16.8. The van der Waals surface area contributed by atoms with Gasteiger partial charge < -0.3 is 16.0 Å². The van der Waals surface area contributed by atoms with Gasteiger partial charge >= 0.3 is 0 Å². The van der Waals surface area contributed by atoms with Crippen molar-refractivity contribution < 1.29 is 4.79 Å². The molecule has 5 heteroatoms. The second kappa shape index (κ2) is 4.94. The Kier molecular flexibility index (Phi) is 3.52. The van der Waals surface area contributed by atoms with Crippen molar-refractivity contribution in [1.29, 1.82) is 0 Å². The van der Waals surface area contributed by atoms with E-state index in [0.717, 1.165) is 30.6 Å². The van der Waals surface area contributed by atoms with Gasteiger partial charge in [-0.25, -0.2) is 0 Å². The van der Waals surface area contributed by atoms with E-state index in [4.69, 9.17) is 5.73 Å². The zero-order valence-corrected chi connectivity index (χ0v) is 10.9. The Bertz CT molecular complexity index is 435. The maximum atomic E-state index is 12.3. The Morgan fingerprint density at radius 1 is 1.56 bits per heavy atom. The van der Waals surface area contributed by atoms with Crippen LogP contribution in [0.4, 0.5) is 11.4 Å². The summed E-state index contributed by atoms with van der Waals surface area (Å²) >= 11 is 0. The van der Waals surface area contributed by atoms with Gasteiger partial charge in [0, 0.05) is 26.8 Å². The van der Waals surface area contributed by atoms with Gasteiger partial charge in [0.2, 0.25) is 5.91 Å². The first-order valence-corrected chi connectivity index (χ1v) is 6.22. The fourth-order valence-corrected chi connectivity index (χ4v) is 2.26. The Hall–Kier alpha value is -1.62. The van der Waals surface area contributed by atoms with Crippen LogP contribution in [-0.2, 0) is 4.79 Å². The van der Waals surface area contributed by atoms with Gasteiger partial charge in [-0.05, 0) is 18.9 Å². The topological polar surface area (TPSA) is 71.2 Å². The number of nitrogens with one attached hydrogen (secondary N) is 1. The lowest BCUT2D eigenvalue weighted by atomic mass is 9.68. The lowest BCUT2D eigenvalue weighted by molar-refractivity contribution is -0.129. The number of rotatable bonds is 4. The van der Waals surface area contributed by atoms with Crippen molar-refractivity contribution in [2.24, 2.45) is 11.1 Å². The lowest BCUT2D eigenvalue weighted by Crippen LogP contribution is -2.47. The van der Waals surface area contributed by atoms with Crippen LogP contribution in [0.2, 0.25) is 0 Å². The number of nitrogens with two attached hydrogens (primary N) is 1. The van der Waals surface area contributed by atoms with Crippen molar-refractivity contribution in [3.8, 4) is 0 Å². The van der Waals surface area contributed by atoms with E-state index < -0.39 is 0 Å². The molecule has 0 atom stereocenters. The molecule has 1 fully saturated rings. The van der Waals surface area contributed by atoms with Crippen LogP contribution in [-0.4, -0.2) is 31.5 Å². The molecule has 5 nitrogen and oxygen atoms in total. The Morgan fingerprint density at radius 3 is 2.78 bits per heavy atom. The Labute approximate surface area is 107 Å². The van der Waals surface area contributed by atoms with E-state index in [2.05, 4.69) is 10.3 Å². The van der Waals surface area contributed by atoms with Crippen LogP contribution in [0.1, 0.15) is 19.3 Å². The van der Waals surface area contributed by atoms with Gasteiger partial charge in [-0.15, -0.1) is 0 Å². The number of pyridine rings is 1. The molecule has 1 saturated carbocycles. The summed E-state index contributed by atoms with van der Waals surface area (Å²) in [6.07, 6.45) is 6.24. The molecule has 1 aromatic rings. The zero-order chi connectivity index (χ0) is 13.2. The summed E-state index contributed by atoms with van der Waals surface area (Å²) in [6, 6.07) is 1.88. The molecule has 0 bridgehead atoms. The van der Waals surface area contributed by atoms with E-state index >= 15 is 0 Å². The van der Waals surface area contributed by atoms with Crippen LogP contribution >= 0.6 is 0 Å². The van der Waals surface area contributed by atoms with Crippen LogP contribution < -0.4 is 16.0 Å². The maximum absolute atomic E-state index is 12.3. The van der Waals surface area contributed by atoms with E-state index in [0.29, 0.717) is 6.54 Å². The second-order valence-electron chi connectivity index (χ2n) is 5.08. The number of hydrogen-bond donors (Lipinski definition) is 2. The summed E-state index contributed by atoms with van der Waals surface area (Å²) in [5.41, 5.74) is 7.06. The molecule has 18 heavy (non-hydrogen) atoms. The molecule has 2 rings (SSSR count). The highest BCUT2D eigenvalue weighted by atomic mass is 16.2. The number of carbonyl (C=O) groups excluding carboxylic acids is 1. The minimum atomic E-state index is -0.362. The van der Waals surface area contributed by atoms with Crippen LogP contribution in [0.15, 0.2) is 18.5 Å². The summed E-state index contributed by atoms with van der Waals surface area (Å²) in [6.45, 7) is 0.413. The van der Waals surface area contributed by atoms with Crippen LogP contribution in [0.25, 0.3) is 0 Å². The molecular formula is C13H20N4O. The molecule has 0 radical (unpaired) electrons. The largest absolute Gasteiger partial charge is 0.376 e. The molecular weight excluding hydrogens is 228 g/mol. The smallest absolute Gasteiger partial charge is 0.231 e. The predicted octanol–water partition coefficient (Wildman–Crippen LogP) is 1.22. The van der Waals surface area contributed by atoms with E-state index in [1.165, 1.54) is 0 Å². The van der Waals surface area contributed by atoms with Crippen LogP contribution in [0, 0.1) is 5.41 Å². The molecule has 3 N–H and O–H groups in total. The zero-order valence-electron chi connectivity index (χ0n) is 10.9. The third kappa shape index (κ3) is 2.18. The van der Waals surface area contributed by atoms with Crippen molar-refractivity contribution in [3.05, 3.63) is 18.5 Å². The number of anilines is 2. The molecule has 1 heterocycles. The summed E-state index contributed by atoms with van der Waals surface area (Å²) < 4.78 is 0. The monoisotopic (exact) mass is 248 g/mol. The molecule has 0 aromatic carbocycles. The van der Waals surface area contributed by atoms with E-state index in [1.807, 2.05) is 25.1 Å². The number of nitrogens with zero attached hydrogens (tertiary/aromatic N) is 2. The minimum absolute atomic E-state index is 0.0207. The number of aromatic nitrogens is 1. The molecule has 0 spiro atoms. The third-order valence-corrected chi connectivity index (χ3v) is 3.71. The number of hydrogen-bond acceptors (Lipinski definition) is 4. The van der Waals surface area contributed by atoms with E-state index in [-0.39, 0.29) is 11.3 Å². The third-order valence-electron chi connectivity index (χ3n) is 3.71. The van der Waals surface area contributed by atoms with Gasteiger partial charge in [0.25, 0.3) is 0 Å². The fraction of sp³-hybridized carbons (Fsp3) is 0.538. The first-order chi connectivity index (χ1) is 8.59. The average Bonchev–Trinajstić information content (AvgIpc) is 2.28. The number of carbonyl (C=O) groups is 1. The van der Waals surface area contributed by atoms with Gasteiger partial charge in [-0.2, -0.15) is 0 Å². The van der Waals surface area contributed by atoms with E-state index in [1.54, 1.807) is 12.4 Å². The molecule has 0 saturated heterocycles. The Balaban J connectivity index is 2.17. The fourth-order valence-electron chi connectivity index (χ4n) is 2.26. The van der Waals surface area contributed by atoms with Crippen molar-refractivity contribution >= 4 is 17.3 Å². The van der Waals surface area contributed by atoms with Gasteiger partial charge in [0.15, 0.2) is 0 Å². The average molecular weight is 248 g/mol. The number of amides is 1. The van der Waals surface area contributed by atoms with Crippen molar-refractivity contribution in [2.45, 2.75) is 19.3 Å². The first kappa shape index (κ1) is 12.8. The standard InChI is InChI=1S/C13H20N4O/c1-17(2)11-4-7-15-8-10(11)16-12(18)13(9-14)5-3-6-13/h4,7-8H,3,5-6,9,14H2,1-2H3,(H,16,18). The van der Waals surface area contributed by atoms with Crippen LogP contribution in [0.5, 0.6) is 0 Å². The van der Waals surface area contributed by atoms with Crippen molar-refractivity contribution in [1.82, 2.24) is 4.98 Å². The highest BCUT2D eigenvalue weighted by Gasteiger charge is 2.42. The lowest BCUT2D eigenvalue weighted by Gasteiger charge is -2.39. The van der Waals surface area contributed by atoms with Gasteiger partial charge in [-0.3, -0.25) is 9.78 Å². The highest BCUT2D eigenvalue weighted by molar-refractivity contribution is 5.98. The quantitative estimate of drug-likeness (QED) is 0.840. The summed E-state index contributed by atoms with van der Waals surface area (Å²) in [4.78, 5) is 18.3. The van der Waals surface area contributed by atoms with E-state index in [9.17, 15) is 4.79 Å². The molecule has 1 amide bonds. The van der Waals surface area contributed by atoms with Crippen molar-refractivity contribution in [3.63, 3.8) is 0 Å². The minimum Gasteiger partial charge on any atom is -0.376 e. The molecule has 0 aliphatic heterocycles. The summed E-state index contributed by atoms with van der Waals surface area (Å²) in [5.74, 6) is 0.0207. The van der Waals surface area contributed by atoms with Gasteiger partial charge in [0.05, 0.1) is 23.0 Å². The highest BCUT2D eigenvalue weighted by Crippen LogP contribution is 2.41. The second-order valence-corrected chi connectivity index (χ2v) is 5.08. The van der Waals surface area contributed by atoms with Gasteiger partial charge in [-0.1, -0.05) is 6.42 Å². The van der Waals surface area contributed by atoms with Gasteiger partial charge in [0.1, 0.15) is 0 Å². The predicted molar refractivity (Wildman–Crippen MR) is 72.5 cm³/mol. The van der Waals surface area contributed by atoms with Crippen molar-refractivity contribution in [2.75, 3.05) is 30.9 Å². The Morgan fingerprint density at radius 2 is 2.28 bits per heavy atom. The molecule has 1 aliphatic rings. The molecule has 98 valence electrons. The molecule has 1 aliphatic carbocycles. The first-order valence-electron chi connectivity index (χ1n) is 6.22. The summed E-state index contributed by atoms with van der Waals surface area (Å²) in [5, 5.41) is 2.96. The van der Waals surface area contributed by atoms with Crippen LogP contribution in [0.3, 0.4) is 0 Å². The maximum Gasteiger partial charge on any atom is 0.231 e. The summed E-state index contributed by atoms with van der Waals surface area (Å²) in [7, 11) is 3.88.